The van der Waals surface area contributed by atoms with Gasteiger partial charge in [-0.25, -0.2) is 9.50 Å². The Morgan fingerprint density at radius 2 is 1.80 bits per heavy atom. The molecule has 0 unspecified atom stereocenters. The van der Waals surface area contributed by atoms with E-state index in [0.717, 1.165) is 17.0 Å². The third-order valence-electron chi connectivity index (χ3n) is 5.12. The molecule has 7 heteroatoms. The van der Waals surface area contributed by atoms with E-state index < -0.39 is 0 Å². The number of hydrogen-bond acceptors (Lipinski definition) is 5. The number of aromatic nitrogens is 3. The zero-order valence-corrected chi connectivity index (χ0v) is 18.8. The van der Waals surface area contributed by atoms with Crippen LogP contribution in [-0.4, -0.2) is 53.2 Å². The van der Waals surface area contributed by atoms with E-state index >= 15 is 0 Å². The standard InChI is InChI=1S/C23H30N4O3/c1-15-12-17(24-21-14-20(23(2,3)4)25-27(15)21)22(28)26(5)11-10-16-8-9-18(29-6)19(13-16)30-7/h8-9,12-14H,10-11H2,1-7H3. The van der Waals surface area contributed by atoms with Gasteiger partial charge in [-0.1, -0.05) is 26.8 Å². The maximum absolute atomic E-state index is 13.0. The average molecular weight is 411 g/mol. The molecule has 3 aromatic rings. The van der Waals surface area contributed by atoms with Gasteiger partial charge >= 0.3 is 0 Å². The normalized spacial score (nSPS) is 11.6. The van der Waals surface area contributed by atoms with Gasteiger partial charge < -0.3 is 14.4 Å². The summed E-state index contributed by atoms with van der Waals surface area (Å²) in [5, 5.41) is 4.64. The van der Waals surface area contributed by atoms with Crippen LogP contribution in [0.4, 0.5) is 0 Å². The number of benzene rings is 1. The van der Waals surface area contributed by atoms with Gasteiger partial charge in [0.25, 0.3) is 5.91 Å². The number of aryl methyl sites for hydroxylation is 1. The van der Waals surface area contributed by atoms with Crippen molar-refractivity contribution in [2.45, 2.75) is 39.5 Å². The van der Waals surface area contributed by atoms with Gasteiger partial charge in [-0.3, -0.25) is 4.79 Å². The molecule has 0 bridgehead atoms. The van der Waals surface area contributed by atoms with Crippen LogP contribution in [0.1, 0.15) is 48.2 Å². The van der Waals surface area contributed by atoms with Crippen LogP contribution in [0.2, 0.25) is 0 Å². The minimum Gasteiger partial charge on any atom is -0.493 e. The van der Waals surface area contributed by atoms with Gasteiger partial charge in [-0.05, 0) is 37.1 Å². The third kappa shape index (κ3) is 4.40. The first kappa shape index (κ1) is 21.6. The van der Waals surface area contributed by atoms with E-state index in [1.54, 1.807) is 36.7 Å². The number of amides is 1. The first-order chi connectivity index (χ1) is 14.1. The highest BCUT2D eigenvalue weighted by Gasteiger charge is 2.21. The predicted octanol–water partition coefficient (Wildman–Crippen LogP) is 3.67. The fourth-order valence-electron chi connectivity index (χ4n) is 3.23. The zero-order chi connectivity index (χ0) is 22.1. The van der Waals surface area contributed by atoms with E-state index in [-0.39, 0.29) is 11.3 Å². The highest BCUT2D eigenvalue weighted by molar-refractivity contribution is 5.92. The van der Waals surface area contributed by atoms with E-state index in [1.807, 2.05) is 31.2 Å². The van der Waals surface area contributed by atoms with Crippen LogP contribution in [0.5, 0.6) is 11.5 Å². The summed E-state index contributed by atoms with van der Waals surface area (Å²) in [4.78, 5) is 19.2. The molecule has 2 aromatic heterocycles. The van der Waals surface area contributed by atoms with Gasteiger partial charge in [0, 0.05) is 30.8 Å². The molecule has 0 N–H and O–H groups in total. The van der Waals surface area contributed by atoms with Crippen molar-refractivity contribution in [3.05, 3.63) is 53.0 Å². The molecule has 7 nitrogen and oxygen atoms in total. The molecule has 0 saturated carbocycles. The van der Waals surface area contributed by atoms with Crippen molar-refractivity contribution in [1.82, 2.24) is 19.5 Å². The molecule has 0 spiro atoms. The number of fused-ring (bicyclic) bond motifs is 1. The number of likely N-dealkylation sites (N-methyl/N-ethyl adjacent to an activating group) is 1. The van der Waals surface area contributed by atoms with Crippen molar-refractivity contribution in [3.63, 3.8) is 0 Å². The number of rotatable bonds is 6. The number of hydrogen-bond donors (Lipinski definition) is 0. The van der Waals surface area contributed by atoms with Crippen LogP contribution in [0.3, 0.4) is 0 Å². The van der Waals surface area contributed by atoms with Gasteiger partial charge in [0.2, 0.25) is 0 Å². The molecule has 30 heavy (non-hydrogen) atoms. The lowest BCUT2D eigenvalue weighted by atomic mass is 9.93. The Hall–Kier alpha value is -3.09. The SMILES string of the molecule is COc1ccc(CCN(C)C(=O)c2cc(C)n3nc(C(C)(C)C)cc3n2)cc1OC. The number of nitrogens with zero attached hydrogens (tertiary/aromatic N) is 4. The molecular weight excluding hydrogens is 380 g/mol. The smallest absolute Gasteiger partial charge is 0.272 e. The van der Waals surface area contributed by atoms with E-state index in [4.69, 9.17) is 9.47 Å². The van der Waals surface area contributed by atoms with Gasteiger partial charge in [0.1, 0.15) is 5.69 Å². The van der Waals surface area contributed by atoms with Crippen molar-refractivity contribution < 1.29 is 14.3 Å². The molecule has 2 heterocycles. The monoisotopic (exact) mass is 410 g/mol. The molecule has 0 aliphatic heterocycles. The summed E-state index contributed by atoms with van der Waals surface area (Å²) in [5.41, 5.74) is 3.93. The highest BCUT2D eigenvalue weighted by Crippen LogP contribution is 2.28. The molecule has 0 fully saturated rings. The van der Waals surface area contributed by atoms with Crippen molar-refractivity contribution in [2.24, 2.45) is 0 Å². The quantitative estimate of drug-likeness (QED) is 0.620. The van der Waals surface area contributed by atoms with Crippen LogP contribution < -0.4 is 9.47 Å². The van der Waals surface area contributed by atoms with Gasteiger partial charge in [0.05, 0.1) is 19.9 Å². The first-order valence-corrected chi connectivity index (χ1v) is 9.98. The average Bonchev–Trinajstić information content (AvgIpc) is 3.16. The Balaban J connectivity index is 1.76. The van der Waals surface area contributed by atoms with Crippen molar-refractivity contribution >= 4 is 11.6 Å². The molecule has 160 valence electrons. The molecule has 0 radical (unpaired) electrons. The Morgan fingerprint density at radius 1 is 1.10 bits per heavy atom. The second-order valence-corrected chi connectivity index (χ2v) is 8.50. The molecule has 0 atom stereocenters. The second-order valence-electron chi connectivity index (χ2n) is 8.50. The van der Waals surface area contributed by atoms with Crippen LogP contribution in [-0.2, 0) is 11.8 Å². The van der Waals surface area contributed by atoms with Gasteiger partial charge in [-0.2, -0.15) is 5.10 Å². The Kier molecular flexibility index (Phi) is 6.01. The van der Waals surface area contributed by atoms with Crippen LogP contribution in [0.25, 0.3) is 5.65 Å². The highest BCUT2D eigenvalue weighted by atomic mass is 16.5. The Bertz CT molecular complexity index is 1070. The Morgan fingerprint density at radius 3 is 2.43 bits per heavy atom. The summed E-state index contributed by atoms with van der Waals surface area (Å²) in [7, 11) is 5.02. The molecule has 3 rings (SSSR count). The van der Waals surface area contributed by atoms with Crippen molar-refractivity contribution in [1.29, 1.82) is 0 Å². The fraction of sp³-hybridized carbons (Fsp3) is 0.435. The Labute approximate surface area is 177 Å². The summed E-state index contributed by atoms with van der Waals surface area (Å²) in [6.07, 6.45) is 0.699. The minimum absolute atomic E-state index is 0.0828. The number of ether oxygens (including phenoxy) is 2. The van der Waals surface area contributed by atoms with Gasteiger partial charge in [0.15, 0.2) is 17.1 Å². The summed E-state index contributed by atoms with van der Waals surface area (Å²) in [6, 6.07) is 9.54. The summed E-state index contributed by atoms with van der Waals surface area (Å²) in [6.45, 7) is 8.83. The lowest BCUT2D eigenvalue weighted by Gasteiger charge is -2.17. The van der Waals surface area contributed by atoms with Crippen molar-refractivity contribution in [2.75, 3.05) is 27.8 Å². The molecule has 1 aromatic carbocycles. The van der Waals surface area contributed by atoms with E-state index in [1.165, 1.54) is 0 Å². The number of carbonyl (C=O) groups excluding carboxylic acids is 1. The van der Waals surface area contributed by atoms with Crippen LogP contribution in [0, 0.1) is 6.92 Å². The first-order valence-electron chi connectivity index (χ1n) is 9.98. The van der Waals surface area contributed by atoms with Crippen LogP contribution in [0.15, 0.2) is 30.3 Å². The molecular formula is C23H30N4O3. The van der Waals surface area contributed by atoms with E-state index in [9.17, 15) is 4.79 Å². The topological polar surface area (TPSA) is 69.0 Å². The predicted molar refractivity (Wildman–Crippen MR) is 117 cm³/mol. The molecule has 0 aliphatic carbocycles. The lowest BCUT2D eigenvalue weighted by molar-refractivity contribution is 0.0791. The van der Waals surface area contributed by atoms with Crippen LogP contribution >= 0.6 is 0 Å². The molecule has 0 saturated heterocycles. The number of methoxy groups -OCH3 is 2. The molecule has 0 aliphatic rings. The van der Waals surface area contributed by atoms with Gasteiger partial charge in [-0.15, -0.1) is 0 Å². The summed E-state index contributed by atoms with van der Waals surface area (Å²) in [5.74, 6) is 1.26. The largest absolute Gasteiger partial charge is 0.493 e. The fourth-order valence-corrected chi connectivity index (χ4v) is 3.23. The van der Waals surface area contributed by atoms with Crippen molar-refractivity contribution in [3.8, 4) is 11.5 Å². The summed E-state index contributed by atoms with van der Waals surface area (Å²) >= 11 is 0. The maximum Gasteiger partial charge on any atom is 0.272 e. The molecule has 1 amide bonds. The van der Waals surface area contributed by atoms with E-state index in [0.29, 0.717) is 35.8 Å². The zero-order valence-electron chi connectivity index (χ0n) is 18.8. The maximum atomic E-state index is 13.0. The van der Waals surface area contributed by atoms with E-state index in [2.05, 4.69) is 30.9 Å². The summed E-state index contributed by atoms with van der Waals surface area (Å²) < 4.78 is 12.4. The second kappa shape index (κ2) is 8.34. The number of carbonyl (C=O) groups is 1. The lowest BCUT2D eigenvalue weighted by Crippen LogP contribution is -2.29. The third-order valence-corrected chi connectivity index (χ3v) is 5.12. The minimum atomic E-state index is -0.111.